The molecule has 2 aromatic rings. The lowest BCUT2D eigenvalue weighted by Gasteiger charge is -2.14. The fourth-order valence-electron chi connectivity index (χ4n) is 1.83. The number of pyridine rings is 1. The van der Waals surface area contributed by atoms with E-state index < -0.39 is 18.0 Å². The zero-order chi connectivity index (χ0) is 16.8. The van der Waals surface area contributed by atoms with Crippen LogP contribution < -0.4 is 10.6 Å². The van der Waals surface area contributed by atoms with Crippen LogP contribution in [0.2, 0.25) is 5.02 Å². The first-order chi connectivity index (χ1) is 11.0. The highest BCUT2D eigenvalue weighted by Gasteiger charge is 2.20. The number of rotatable bonds is 5. The third-order valence-electron chi connectivity index (χ3n) is 3.05. The molecule has 23 heavy (non-hydrogen) atoms. The number of benzene rings is 1. The molecule has 7 heteroatoms. The summed E-state index contributed by atoms with van der Waals surface area (Å²) in [6.45, 7) is 1.49. The molecule has 1 atom stereocenters. The average molecular weight is 334 g/mol. The number of halogens is 1. The summed E-state index contributed by atoms with van der Waals surface area (Å²) in [7, 11) is 1.70. The lowest BCUT2D eigenvalue weighted by molar-refractivity contribution is -0.123. The van der Waals surface area contributed by atoms with E-state index >= 15 is 0 Å². The minimum Gasteiger partial charge on any atom is -0.449 e. The second-order valence-electron chi connectivity index (χ2n) is 4.69. The maximum absolute atomic E-state index is 12.2. The molecule has 0 fully saturated rings. The fourth-order valence-corrected chi connectivity index (χ4v) is 1.95. The number of carbonyl (C=O) groups excluding carboxylic acids is 2. The van der Waals surface area contributed by atoms with E-state index in [1.54, 1.807) is 43.4 Å². The maximum atomic E-state index is 12.2. The molecule has 0 saturated heterocycles. The number of carbonyl (C=O) groups is 2. The number of nitrogens with zero attached hydrogens (tertiary/aromatic N) is 1. The zero-order valence-corrected chi connectivity index (χ0v) is 13.4. The van der Waals surface area contributed by atoms with E-state index in [9.17, 15) is 9.59 Å². The van der Waals surface area contributed by atoms with E-state index in [0.717, 1.165) is 0 Å². The van der Waals surface area contributed by atoms with Gasteiger partial charge in [-0.2, -0.15) is 0 Å². The summed E-state index contributed by atoms with van der Waals surface area (Å²) in [4.78, 5) is 28.2. The Kier molecular flexibility index (Phi) is 5.54. The van der Waals surface area contributed by atoms with Crippen molar-refractivity contribution in [2.45, 2.75) is 13.0 Å². The summed E-state index contributed by atoms with van der Waals surface area (Å²) in [5.41, 5.74) is 0.990. The minimum absolute atomic E-state index is 0.331. The van der Waals surface area contributed by atoms with Crippen LogP contribution in [0.1, 0.15) is 17.3 Å². The Morgan fingerprint density at radius 2 is 1.96 bits per heavy atom. The maximum Gasteiger partial charge on any atom is 0.341 e. The van der Waals surface area contributed by atoms with Crippen molar-refractivity contribution < 1.29 is 14.3 Å². The number of amides is 1. The molecule has 1 aromatic carbocycles. The molecule has 1 heterocycles. The van der Waals surface area contributed by atoms with Gasteiger partial charge in [-0.1, -0.05) is 23.7 Å². The molecule has 0 spiro atoms. The number of hydrogen-bond donors (Lipinski definition) is 2. The smallest absolute Gasteiger partial charge is 0.341 e. The fraction of sp³-hybridized carbons (Fsp3) is 0.188. The van der Waals surface area contributed by atoms with E-state index in [1.807, 2.05) is 0 Å². The van der Waals surface area contributed by atoms with Crippen LogP contribution in [0.25, 0.3) is 0 Å². The normalized spacial score (nSPS) is 11.4. The van der Waals surface area contributed by atoms with Gasteiger partial charge < -0.3 is 15.4 Å². The molecule has 0 unspecified atom stereocenters. The molecule has 0 radical (unpaired) electrons. The van der Waals surface area contributed by atoms with Crippen molar-refractivity contribution in [2.75, 3.05) is 17.7 Å². The van der Waals surface area contributed by atoms with Gasteiger partial charge in [-0.25, -0.2) is 9.78 Å². The molecule has 0 aliphatic rings. The van der Waals surface area contributed by atoms with Gasteiger partial charge in [0.25, 0.3) is 5.91 Å². The summed E-state index contributed by atoms with van der Waals surface area (Å²) in [5, 5.41) is 5.92. The minimum atomic E-state index is -0.968. The number of para-hydroxylation sites is 1. The van der Waals surface area contributed by atoms with Crippen LogP contribution in [0.5, 0.6) is 0 Å². The highest BCUT2D eigenvalue weighted by atomic mass is 35.5. The molecule has 2 rings (SSSR count). The van der Waals surface area contributed by atoms with Crippen LogP contribution in [-0.4, -0.2) is 30.0 Å². The van der Waals surface area contributed by atoms with Crippen molar-refractivity contribution in [1.29, 1.82) is 0 Å². The number of aromatic nitrogens is 1. The Hall–Kier alpha value is -2.60. The summed E-state index contributed by atoms with van der Waals surface area (Å²) >= 11 is 5.73. The van der Waals surface area contributed by atoms with Crippen molar-refractivity contribution in [3.8, 4) is 0 Å². The molecular weight excluding hydrogens is 318 g/mol. The average Bonchev–Trinajstić information content (AvgIpc) is 2.56. The predicted octanol–water partition coefficient (Wildman–Crippen LogP) is 2.96. The standard InChI is InChI=1S/C16H16ClN3O3/c1-10(15(21)20-14-8-7-11(17)9-19-14)23-16(22)12-5-3-4-6-13(12)18-2/h3-10,18H,1-2H3,(H,19,20,21)/t10-/m1/s1. The number of hydrogen-bond acceptors (Lipinski definition) is 5. The molecule has 0 aliphatic heterocycles. The summed E-state index contributed by atoms with van der Waals surface area (Å²) in [5.74, 6) is -0.727. The zero-order valence-electron chi connectivity index (χ0n) is 12.7. The van der Waals surface area contributed by atoms with Gasteiger partial charge in [-0.3, -0.25) is 4.79 Å². The molecule has 120 valence electrons. The van der Waals surface area contributed by atoms with Gasteiger partial charge in [0.1, 0.15) is 5.82 Å². The Bertz CT molecular complexity index is 704. The largest absolute Gasteiger partial charge is 0.449 e. The molecule has 2 N–H and O–H groups in total. The Morgan fingerprint density at radius 1 is 1.22 bits per heavy atom. The molecule has 0 aliphatic carbocycles. The van der Waals surface area contributed by atoms with Gasteiger partial charge in [0.2, 0.25) is 0 Å². The molecular formula is C16H16ClN3O3. The molecule has 0 bridgehead atoms. The Morgan fingerprint density at radius 3 is 2.61 bits per heavy atom. The van der Waals surface area contributed by atoms with Crippen molar-refractivity contribution in [2.24, 2.45) is 0 Å². The Balaban J connectivity index is 2.00. The van der Waals surface area contributed by atoms with Crippen molar-refractivity contribution in [1.82, 2.24) is 4.98 Å². The molecule has 0 saturated carbocycles. The third-order valence-corrected chi connectivity index (χ3v) is 3.27. The second-order valence-corrected chi connectivity index (χ2v) is 5.13. The summed E-state index contributed by atoms with van der Waals surface area (Å²) < 4.78 is 5.19. The highest BCUT2D eigenvalue weighted by molar-refractivity contribution is 6.30. The van der Waals surface area contributed by atoms with E-state index in [1.165, 1.54) is 13.1 Å². The topological polar surface area (TPSA) is 80.3 Å². The monoisotopic (exact) mass is 333 g/mol. The van der Waals surface area contributed by atoms with Crippen LogP contribution in [0.3, 0.4) is 0 Å². The van der Waals surface area contributed by atoms with E-state index in [0.29, 0.717) is 22.1 Å². The SMILES string of the molecule is CNc1ccccc1C(=O)O[C@H](C)C(=O)Nc1ccc(Cl)cn1. The highest BCUT2D eigenvalue weighted by Crippen LogP contribution is 2.16. The number of anilines is 2. The number of nitrogens with one attached hydrogen (secondary N) is 2. The first-order valence-electron chi connectivity index (χ1n) is 6.91. The van der Waals surface area contributed by atoms with E-state index in [2.05, 4.69) is 15.6 Å². The quantitative estimate of drug-likeness (QED) is 0.822. The lowest BCUT2D eigenvalue weighted by atomic mass is 10.2. The summed E-state index contributed by atoms with van der Waals surface area (Å²) in [6.07, 6.45) is 0.446. The van der Waals surface area contributed by atoms with Crippen molar-refractivity contribution >= 4 is 35.0 Å². The van der Waals surface area contributed by atoms with E-state index in [-0.39, 0.29) is 0 Å². The molecule has 6 nitrogen and oxygen atoms in total. The lowest BCUT2D eigenvalue weighted by Crippen LogP contribution is -2.30. The predicted molar refractivity (Wildman–Crippen MR) is 88.7 cm³/mol. The van der Waals surface area contributed by atoms with Crippen LogP contribution in [0.4, 0.5) is 11.5 Å². The van der Waals surface area contributed by atoms with Crippen LogP contribution in [0, 0.1) is 0 Å². The first kappa shape index (κ1) is 16.8. The third kappa shape index (κ3) is 4.43. The number of esters is 1. The van der Waals surface area contributed by atoms with Gasteiger partial charge >= 0.3 is 5.97 Å². The summed E-state index contributed by atoms with van der Waals surface area (Å²) in [6, 6.07) is 10.1. The van der Waals surface area contributed by atoms with Crippen molar-refractivity contribution in [3.63, 3.8) is 0 Å². The first-order valence-corrected chi connectivity index (χ1v) is 7.29. The Labute approximate surface area is 138 Å². The van der Waals surface area contributed by atoms with Crippen LogP contribution >= 0.6 is 11.6 Å². The van der Waals surface area contributed by atoms with Gasteiger partial charge in [0.15, 0.2) is 6.10 Å². The molecule has 1 aromatic heterocycles. The van der Waals surface area contributed by atoms with Gasteiger partial charge in [-0.15, -0.1) is 0 Å². The van der Waals surface area contributed by atoms with Crippen LogP contribution in [0.15, 0.2) is 42.6 Å². The van der Waals surface area contributed by atoms with Crippen LogP contribution in [-0.2, 0) is 9.53 Å². The van der Waals surface area contributed by atoms with E-state index in [4.69, 9.17) is 16.3 Å². The van der Waals surface area contributed by atoms with Crippen molar-refractivity contribution in [3.05, 3.63) is 53.2 Å². The van der Waals surface area contributed by atoms with Gasteiger partial charge in [0.05, 0.1) is 10.6 Å². The molecule has 1 amide bonds. The van der Waals surface area contributed by atoms with Gasteiger partial charge in [0, 0.05) is 18.9 Å². The van der Waals surface area contributed by atoms with Gasteiger partial charge in [-0.05, 0) is 31.2 Å². The second kappa shape index (κ2) is 7.60. The number of ether oxygens (including phenoxy) is 1.